The van der Waals surface area contributed by atoms with E-state index in [4.69, 9.17) is 5.11 Å². The van der Waals surface area contributed by atoms with Crippen molar-refractivity contribution < 1.29 is 19.5 Å². The molecule has 1 aromatic heterocycles. The smallest absolute Gasteiger partial charge is 0.355 e. The second kappa shape index (κ2) is 4.73. The summed E-state index contributed by atoms with van der Waals surface area (Å²) < 4.78 is 0. The quantitative estimate of drug-likeness (QED) is 0.684. The van der Waals surface area contributed by atoms with Crippen molar-refractivity contribution >= 4 is 34.3 Å². The number of amides is 2. The summed E-state index contributed by atoms with van der Waals surface area (Å²) in [4.78, 5) is 37.8. The second-order valence-corrected chi connectivity index (χ2v) is 5.08. The van der Waals surface area contributed by atoms with Gasteiger partial charge in [0.05, 0.1) is 0 Å². The number of aromatic nitrogens is 1. The summed E-state index contributed by atoms with van der Waals surface area (Å²) in [5, 5.41) is 14.3. The lowest BCUT2D eigenvalue weighted by Gasteiger charge is -2.21. The molecule has 0 radical (unpaired) electrons. The first-order valence-corrected chi connectivity index (χ1v) is 6.10. The molecule has 1 atom stereocenters. The maximum absolute atomic E-state index is 11.5. The molecule has 1 unspecified atom stereocenters. The van der Waals surface area contributed by atoms with Gasteiger partial charge in [-0.2, -0.15) is 0 Å². The first kappa shape index (κ1) is 12.5. The number of piperidine rings is 1. The van der Waals surface area contributed by atoms with Gasteiger partial charge in [-0.15, -0.1) is 11.3 Å². The fourth-order valence-corrected chi connectivity index (χ4v) is 2.49. The molecule has 2 heterocycles. The number of carbonyl (C=O) groups is 3. The molecular weight excluding hydrogens is 258 g/mol. The highest BCUT2D eigenvalue weighted by molar-refractivity contribution is 7.15. The number of hydrogen-bond donors (Lipinski definition) is 3. The molecule has 0 spiro atoms. The van der Waals surface area contributed by atoms with E-state index >= 15 is 0 Å². The van der Waals surface area contributed by atoms with Crippen LogP contribution in [0.3, 0.4) is 0 Å². The fraction of sp³-hybridized carbons (Fsp3) is 0.400. The summed E-state index contributed by atoms with van der Waals surface area (Å²) in [5.41, 5.74) is -0.0187. The molecule has 0 aromatic carbocycles. The summed E-state index contributed by atoms with van der Waals surface area (Å²) in [7, 11) is 0. The summed E-state index contributed by atoms with van der Waals surface area (Å²) in [6, 6.07) is -0.546. The van der Waals surface area contributed by atoms with E-state index in [9.17, 15) is 14.4 Å². The predicted molar refractivity (Wildman–Crippen MR) is 63.6 cm³/mol. The summed E-state index contributed by atoms with van der Waals surface area (Å²) in [5.74, 6) is -1.80. The molecule has 96 valence electrons. The van der Waals surface area contributed by atoms with Crippen molar-refractivity contribution in [1.29, 1.82) is 0 Å². The highest BCUT2D eigenvalue weighted by Gasteiger charge is 2.27. The third-order valence-corrected chi connectivity index (χ3v) is 3.44. The van der Waals surface area contributed by atoms with Crippen LogP contribution in [0.2, 0.25) is 0 Å². The Kier molecular flexibility index (Phi) is 3.28. The normalized spacial score (nSPS) is 19.5. The monoisotopic (exact) mass is 269 g/mol. The highest BCUT2D eigenvalue weighted by Crippen LogP contribution is 2.23. The molecule has 1 fully saturated rings. The van der Waals surface area contributed by atoms with E-state index in [1.54, 1.807) is 6.92 Å². The number of hydrogen-bond acceptors (Lipinski definition) is 6. The Morgan fingerprint density at radius 3 is 2.83 bits per heavy atom. The summed E-state index contributed by atoms with van der Waals surface area (Å²) >= 11 is 1.17. The van der Waals surface area contributed by atoms with Crippen LogP contribution in [0.4, 0.5) is 5.13 Å². The van der Waals surface area contributed by atoms with E-state index in [1.165, 1.54) is 11.3 Å². The van der Waals surface area contributed by atoms with Crippen LogP contribution in [-0.2, 0) is 9.59 Å². The van der Waals surface area contributed by atoms with Gasteiger partial charge in [0, 0.05) is 11.3 Å². The number of imide groups is 1. The van der Waals surface area contributed by atoms with Gasteiger partial charge in [0.25, 0.3) is 0 Å². The van der Waals surface area contributed by atoms with Crippen LogP contribution >= 0.6 is 11.3 Å². The first-order chi connectivity index (χ1) is 8.47. The van der Waals surface area contributed by atoms with Gasteiger partial charge in [0.2, 0.25) is 11.8 Å². The molecule has 1 saturated heterocycles. The maximum Gasteiger partial charge on any atom is 0.355 e. The number of nitrogens with zero attached hydrogens (tertiary/aromatic N) is 1. The van der Waals surface area contributed by atoms with Crippen LogP contribution in [0.25, 0.3) is 0 Å². The Morgan fingerprint density at radius 2 is 2.28 bits per heavy atom. The standard InChI is InChI=1S/C10H11N3O4S/c1-4-7(9(16)17)13-10(18-4)11-5-2-3-6(14)12-8(5)15/h5H,2-3H2,1H3,(H,11,13)(H,16,17)(H,12,14,15). The summed E-state index contributed by atoms with van der Waals surface area (Å²) in [6.07, 6.45) is 0.644. The van der Waals surface area contributed by atoms with Crippen LogP contribution in [0.5, 0.6) is 0 Å². The van der Waals surface area contributed by atoms with Crippen molar-refractivity contribution in [2.24, 2.45) is 0 Å². The molecule has 3 N–H and O–H groups in total. The topological polar surface area (TPSA) is 108 Å². The molecule has 1 aliphatic rings. The molecule has 8 heteroatoms. The SMILES string of the molecule is Cc1sc(NC2CCC(=O)NC2=O)nc1C(=O)O. The molecule has 18 heavy (non-hydrogen) atoms. The predicted octanol–water partition coefficient (Wildman–Crippen LogP) is 0.367. The van der Waals surface area contributed by atoms with Crippen molar-refractivity contribution in [3.63, 3.8) is 0 Å². The Hall–Kier alpha value is -1.96. The zero-order chi connectivity index (χ0) is 13.3. The van der Waals surface area contributed by atoms with Crippen molar-refractivity contribution in [2.75, 3.05) is 5.32 Å². The Morgan fingerprint density at radius 1 is 1.56 bits per heavy atom. The number of nitrogens with one attached hydrogen (secondary N) is 2. The molecule has 7 nitrogen and oxygen atoms in total. The van der Waals surface area contributed by atoms with E-state index in [-0.39, 0.29) is 18.0 Å². The molecule has 1 aromatic rings. The molecule has 0 aliphatic carbocycles. The van der Waals surface area contributed by atoms with Crippen LogP contribution in [0.1, 0.15) is 28.2 Å². The maximum atomic E-state index is 11.5. The van der Waals surface area contributed by atoms with Gasteiger partial charge in [-0.1, -0.05) is 0 Å². The van der Waals surface area contributed by atoms with E-state index in [0.717, 1.165) is 0 Å². The number of carboxylic acids is 1. The van der Waals surface area contributed by atoms with Crippen LogP contribution in [0.15, 0.2) is 0 Å². The van der Waals surface area contributed by atoms with Crippen molar-refractivity contribution in [1.82, 2.24) is 10.3 Å². The average molecular weight is 269 g/mol. The second-order valence-electron chi connectivity index (χ2n) is 3.88. The number of aryl methyl sites for hydroxylation is 1. The van der Waals surface area contributed by atoms with Crippen molar-refractivity contribution in [2.45, 2.75) is 25.8 Å². The Labute approximate surface area is 106 Å². The number of anilines is 1. The third-order valence-electron chi connectivity index (χ3n) is 2.54. The lowest BCUT2D eigenvalue weighted by molar-refractivity contribution is -0.133. The number of carbonyl (C=O) groups excluding carboxylic acids is 2. The zero-order valence-corrected chi connectivity index (χ0v) is 10.3. The van der Waals surface area contributed by atoms with E-state index in [2.05, 4.69) is 15.6 Å². The van der Waals surface area contributed by atoms with Gasteiger partial charge < -0.3 is 10.4 Å². The van der Waals surface area contributed by atoms with E-state index in [0.29, 0.717) is 16.4 Å². The van der Waals surface area contributed by atoms with Gasteiger partial charge in [-0.05, 0) is 13.3 Å². The molecule has 2 rings (SSSR count). The van der Waals surface area contributed by atoms with Crippen LogP contribution in [-0.4, -0.2) is 33.9 Å². The van der Waals surface area contributed by atoms with E-state index in [1.807, 2.05) is 0 Å². The third kappa shape index (κ3) is 2.48. The number of rotatable bonds is 3. The van der Waals surface area contributed by atoms with Gasteiger partial charge >= 0.3 is 5.97 Å². The molecular formula is C10H11N3O4S. The Balaban J connectivity index is 2.10. The zero-order valence-electron chi connectivity index (χ0n) is 9.52. The van der Waals surface area contributed by atoms with Crippen LogP contribution in [0, 0.1) is 6.92 Å². The molecule has 1 aliphatic heterocycles. The van der Waals surface area contributed by atoms with Gasteiger partial charge in [0.1, 0.15) is 6.04 Å². The molecule has 0 saturated carbocycles. The van der Waals surface area contributed by atoms with Crippen LogP contribution < -0.4 is 10.6 Å². The van der Waals surface area contributed by atoms with Crippen molar-refractivity contribution in [3.05, 3.63) is 10.6 Å². The Bertz CT molecular complexity index is 525. The van der Waals surface area contributed by atoms with E-state index < -0.39 is 17.9 Å². The number of carboxylic acid groups (broad SMARTS) is 1. The molecule has 0 bridgehead atoms. The summed E-state index contributed by atoms with van der Waals surface area (Å²) in [6.45, 7) is 1.65. The number of aromatic carboxylic acids is 1. The lowest BCUT2D eigenvalue weighted by Crippen LogP contribution is -2.47. The highest BCUT2D eigenvalue weighted by atomic mass is 32.1. The van der Waals surface area contributed by atoms with Gasteiger partial charge in [-0.25, -0.2) is 9.78 Å². The van der Waals surface area contributed by atoms with Gasteiger partial charge in [0.15, 0.2) is 10.8 Å². The average Bonchev–Trinajstić information content (AvgIpc) is 2.64. The fourth-order valence-electron chi connectivity index (χ4n) is 1.64. The first-order valence-electron chi connectivity index (χ1n) is 5.28. The lowest BCUT2D eigenvalue weighted by atomic mass is 10.1. The minimum Gasteiger partial charge on any atom is -0.476 e. The largest absolute Gasteiger partial charge is 0.476 e. The van der Waals surface area contributed by atoms with Gasteiger partial charge in [-0.3, -0.25) is 14.9 Å². The minimum absolute atomic E-state index is 0.0187. The van der Waals surface area contributed by atoms with Crippen molar-refractivity contribution in [3.8, 4) is 0 Å². The number of thiazole rings is 1. The minimum atomic E-state index is -1.10. The molecule has 2 amide bonds.